The molecule has 0 radical (unpaired) electrons. The van der Waals surface area contributed by atoms with Crippen LogP contribution in [-0.4, -0.2) is 32.7 Å². The normalized spacial score (nSPS) is 10.8. The van der Waals surface area contributed by atoms with Crippen LogP contribution in [0.4, 0.5) is 10.8 Å². The molecule has 2 N–H and O–H groups in total. The van der Waals surface area contributed by atoms with E-state index in [-0.39, 0.29) is 11.8 Å². The van der Waals surface area contributed by atoms with Gasteiger partial charge in [0.1, 0.15) is 0 Å². The highest BCUT2D eigenvalue weighted by Crippen LogP contribution is 2.22. The Balaban J connectivity index is 1.22. The molecule has 0 saturated carbocycles. The highest BCUT2D eigenvalue weighted by molar-refractivity contribution is 7.99. The van der Waals surface area contributed by atoms with Crippen molar-refractivity contribution < 1.29 is 14.0 Å². The van der Waals surface area contributed by atoms with E-state index >= 15 is 0 Å². The molecule has 2 aromatic carbocycles. The lowest BCUT2D eigenvalue weighted by Gasteiger charge is -2.07. The molecule has 0 unspecified atom stereocenters. The van der Waals surface area contributed by atoms with E-state index in [0.29, 0.717) is 40.4 Å². The molecule has 2 heterocycles. The maximum Gasteiger partial charge on any atom is 0.276 e. The standard InChI is InChI=1S/C24H23N5O3S2/c1-15-8-9-18(12-16(15)2)25-20(30)10-11-33-24-29-28-21(32-24)13-19-14-34-23(26-19)27-22(31)17-6-4-3-5-7-17/h3-9,12,14H,10-11,13H2,1-2H3,(H,25,30)(H,26,27,31). The molecule has 34 heavy (non-hydrogen) atoms. The Kier molecular flexibility index (Phi) is 7.71. The maximum absolute atomic E-state index is 12.2. The van der Waals surface area contributed by atoms with Crippen molar-refractivity contribution >= 4 is 45.7 Å². The van der Waals surface area contributed by atoms with Crippen molar-refractivity contribution in [3.05, 3.63) is 82.2 Å². The molecule has 0 aliphatic rings. The summed E-state index contributed by atoms with van der Waals surface area (Å²) >= 11 is 2.67. The number of hydrogen-bond acceptors (Lipinski definition) is 8. The molecule has 10 heteroatoms. The average molecular weight is 494 g/mol. The van der Waals surface area contributed by atoms with E-state index in [9.17, 15) is 9.59 Å². The smallest absolute Gasteiger partial charge is 0.276 e. The fourth-order valence-electron chi connectivity index (χ4n) is 3.00. The summed E-state index contributed by atoms with van der Waals surface area (Å²) in [4.78, 5) is 28.9. The van der Waals surface area contributed by atoms with Crippen LogP contribution in [0.25, 0.3) is 0 Å². The van der Waals surface area contributed by atoms with Crippen LogP contribution in [0.1, 0.15) is 39.5 Å². The minimum atomic E-state index is -0.209. The molecule has 4 aromatic rings. The van der Waals surface area contributed by atoms with Gasteiger partial charge in [0.05, 0.1) is 12.1 Å². The zero-order valence-electron chi connectivity index (χ0n) is 18.7. The monoisotopic (exact) mass is 493 g/mol. The maximum atomic E-state index is 12.2. The van der Waals surface area contributed by atoms with Crippen LogP contribution in [-0.2, 0) is 11.2 Å². The Morgan fingerprint density at radius 3 is 2.65 bits per heavy atom. The number of aromatic nitrogens is 3. The predicted octanol–water partition coefficient (Wildman–Crippen LogP) is 5.11. The topological polar surface area (TPSA) is 110 Å². The Morgan fingerprint density at radius 1 is 1.03 bits per heavy atom. The summed E-state index contributed by atoms with van der Waals surface area (Å²) in [6.45, 7) is 4.05. The van der Waals surface area contributed by atoms with E-state index in [1.807, 2.05) is 55.6 Å². The molecule has 0 aliphatic heterocycles. The highest BCUT2D eigenvalue weighted by Gasteiger charge is 2.13. The van der Waals surface area contributed by atoms with Gasteiger partial charge in [-0.3, -0.25) is 14.9 Å². The first-order valence-electron chi connectivity index (χ1n) is 10.6. The first kappa shape index (κ1) is 23.7. The number of rotatable bonds is 9. The number of amides is 2. The van der Waals surface area contributed by atoms with Gasteiger partial charge in [0.25, 0.3) is 11.1 Å². The van der Waals surface area contributed by atoms with Crippen molar-refractivity contribution in [2.24, 2.45) is 0 Å². The number of thiazole rings is 1. The van der Waals surface area contributed by atoms with Crippen LogP contribution in [0.15, 0.2) is 63.6 Å². The summed E-state index contributed by atoms with van der Waals surface area (Å²) in [6, 6.07) is 14.8. The Labute approximate surface area is 205 Å². The van der Waals surface area contributed by atoms with Crippen molar-refractivity contribution in [1.82, 2.24) is 15.2 Å². The van der Waals surface area contributed by atoms with E-state index in [1.165, 1.54) is 28.7 Å². The number of nitrogens with zero attached hydrogens (tertiary/aromatic N) is 3. The molecule has 0 spiro atoms. The minimum absolute atomic E-state index is 0.0666. The number of carbonyl (C=O) groups is 2. The number of carbonyl (C=O) groups excluding carboxylic acids is 2. The molecule has 8 nitrogen and oxygen atoms in total. The third-order valence-electron chi connectivity index (χ3n) is 4.93. The fraction of sp³-hybridized carbons (Fsp3) is 0.208. The molecule has 2 amide bonds. The summed E-state index contributed by atoms with van der Waals surface area (Å²) < 4.78 is 5.66. The summed E-state index contributed by atoms with van der Waals surface area (Å²) in [5.74, 6) is 0.667. The molecular formula is C24H23N5O3S2. The Hall–Kier alpha value is -3.50. The molecule has 174 valence electrons. The number of hydrogen-bond donors (Lipinski definition) is 2. The van der Waals surface area contributed by atoms with Gasteiger partial charge in [-0.05, 0) is 49.2 Å². The van der Waals surface area contributed by atoms with Crippen molar-refractivity contribution in [1.29, 1.82) is 0 Å². The molecule has 2 aromatic heterocycles. The lowest BCUT2D eigenvalue weighted by Crippen LogP contribution is -2.12. The van der Waals surface area contributed by atoms with Gasteiger partial charge in [-0.1, -0.05) is 36.0 Å². The number of thioether (sulfide) groups is 1. The van der Waals surface area contributed by atoms with Gasteiger partial charge < -0.3 is 9.73 Å². The van der Waals surface area contributed by atoms with E-state index < -0.39 is 0 Å². The number of benzene rings is 2. The van der Waals surface area contributed by atoms with Gasteiger partial charge in [0.2, 0.25) is 11.8 Å². The number of aryl methyl sites for hydroxylation is 2. The summed E-state index contributed by atoms with van der Waals surface area (Å²) in [5, 5.41) is 16.5. The third-order valence-corrected chi connectivity index (χ3v) is 6.56. The minimum Gasteiger partial charge on any atom is -0.416 e. The van der Waals surface area contributed by atoms with Gasteiger partial charge in [-0.25, -0.2) is 4.98 Å². The predicted molar refractivity (Wildman–Crippen MR) is 133 cm³/mol. The van der Waals surface area contributed by atoms with Gasteiger partial charge in [0.15, 0.2) is 5.13 Å². The second-order valence-electron chi connectivity index (χ2n) is 7.55. The molecule has 0 atom stereocenters. The van der Waals surface area contributed by atoms with Crippen LogP contribution < -0.4 is 10.6 Å². The molecule has 0 bridgehead atoms. The summed E-state index contributed by atoms with van der Waals surface area (Å²) in [5.41, 5.74) is 4.41. The van der Waals surface area contributed by atoms with Gasteiger partial charge in [-0.2, -0.15) is 0 Å². The van der Waals surface area contributed by atoms with E-state index in [0.717, 1.165) is 16.9 Å². The van der Waals surface area contributed by atoms with Crippen LogP contribution in [0.5, 0.6) is 0 Å². The zero-order chi connectivity index (χ0) is 23.9. The lowest BCUT2D eigenvalue weighted by atomic mass is 10.1. The Morgan fingerprint density at radius 2 is 1.85 bits per heavy atom. The van der Waals surface area contributed by atoms with Crippen molar-refractivity contribution in [3.63, 3.8) is 0 Å². The Bertz CT molecular complexity index is 1290. The molecule has 0 saturated heterocycles. The van der Waals surface area contributed by atoms with Crippen LogP contribution in [0.3, 0.4) is 0 Å². The van der Waals surface area contributed by atoms with Gasteiger partial charge in [-0.15, -0.1) is 21.5 Å². The largest absolute Gasteiger partial charge is 0.416 e. The average Bonchev–Trinajstić information content (AvgIpc) is 3.46. The second kappa shape index (κ2) is 11.1. The second-order valence-corrected chi connectivity index (χ2v) is 9.45. The fourth-order valence-corrected chi connectivity index (χ4v) is 4.42. The zero-order valence-corrected chi connectivity index (χ0v) is 20.3. The van der Waals surface area contributed by atoms with Crippen molar-refractivity contribution in [2.75, 3.05) is 16.4 Å². The van der Waals surface area contributed by atoms with E-state index in [1.54, 1.807) is 12.1 Å². The summed E-state index contributed by atoms with van der Waals surface area (Å²) in [7, 11) is 0. The third kappa shape index (κ3) is 6.52. The van der Waals surface area contributed by atoms with Gasteiger partial charge >= 0.3 is 0 Å². The summed E-state index contributed by atoms with van der Waals surface area (Å²) in [6.07, 6.45) is 0.685. The van der Waals surface area contributed by atoms with Crippen molar-refractivity contribution in [2.45, 2.75) is 31.9 Å². The quantitative estimate of drug-likeness (QED) is 0.312. The molecule has 0 aliphatic carbocycles. The lowest BCUT2D eigenvalue weighted by molar-refractivity contribution is -0.115. The number of anilines is 2. The van der Waals surface area contributed by atoms with Crippen LogP contribution >= 0.6 is 23.1 Å². The number of nitrogens with one attached hydrogen (secondary N) is 2. The molecule has 0 fully saturated rings. The van der Waals surface area contributed by atoms with Gasteiger partial charge in [0, 0.05) is 28.8 Å². The van der Waals surface area contributed by atoms with Crippen LogP contribution in [0.2, 0.25) is 0 Å². The van der Waals surface area contributed by atoms with E-state index in [4.69, 9.17) is 4.42 Å². The SMILES string of the molecule is Cc1ccc(NC(=O)CCSc2nnc(Cc3csc(NC(=O)c4ccccc4)n3)o2)cc1C. The first-order valence-corrected chi connectivity index (χ1v) is 12.5. The van der Waals surface area contributed by atoms with Crippen molar-refractivity contribution in [3.8, 4) is 0 Å². The highest BCUT2D eigenvalue weighted by atomic mass is 32.2. The van der Waals surface area contributed by atoms with Crippen LogP contribution in [0, 0.1) is 13.8 Å². The van der Waals surface area contributed by atoms with E-state index in [2.05, 4.69) is 25.8 Å². The molecule has 4 rings (SSSR count). The first-order chi connectivity index (χ1) is 16.5. The molecular weight excluding hydrogens is 470 g/mol.